The van der Waals surface area contributed by atoms with Crippen LogP contribution in [0.5, 0.6) is 0 Å². The number of anilines is 2. The number of hydrogen-bond acceptors (Lipinski definition) is 7. The van der Waals surface area contributed by atoms with Crippen LogP contribution in [-0.4, -0.2) is 64.2 Å². The largest absolute Gasteiger partial charge is 0.465 e. The number of nitrogens with zero attached hydrogens (tertiary/aromatic N) is 2. The zero-order valence-electron chi connectivity index (χ0n) is 18.6. The fourth-order valence-electron chi connectivity index (χ4n) is 3.01. The van der Waals surface area contributed by atoms with Crippen molar-refractivity contribution >= 4 is 29.2 Å². The molecule has 0 unspecified atom stereocenters. The molecule has 0 spiro atoms. The van der Waals surface area contributed by atoms with Gasteiger partial charge in [-0.05, 0) is 42.4 Å². The minimum absolute atomic E-state index is 0.147. The van der Waals surface area contributed by atoms with Crippen LogP contribution < -0.4 is 10.2 Å². The Balaban J connectivity index is 2.10. The van der Waals surface area contributed by atoms with Crippen molar-refractivity contribution in [3.63, 3.8) is 0 Å². The summed E-state index contributed by atoms with van der Waals surface area (Å²) in [5.74, 6) is -1.49. The zero-order chi connectivity index (χ0) is 23.0. The number of likely N-dealkylation sites (N-methyl/N-ethyl adjacent to an activating group) is 1. The van der Waals surface area contributed by atoms with Crippen molar-refractivity contribution in [1.29, 1.82) is 0 Å². The van der Waals surface area contributed by atoms with Gasteiger partial charge in [-0.25, -0.2) is 9.59 Å². The van der Waals surface area contributed by atoms with Gasteiger partial charge >= 0.3 is 11.9 Å². The van der Waals surface area contributed by atoms with Crippen LogP contribution in [0.2, 0.25) is 0 Å². The summed E-state index contributed by atoms with van der Waals surface area (Å²) in [6, 6.07) is 12.4. The Morgan fingerprint density at radius 1 is 0.903 bits per heavy atom. The molecule has 2 rings (SSSR count). The Hall–Kier alpha value is -3.39. The van der Waals surface area contributed by atoms with Crippen molar-refractivity contribution in [3.05, 3.63) is 59.2 Å². The van der Waals surface area contributed by atoms with E-state index in [2.05, 4.69) is 5.32 Å². The summed E-state index contributed by atoms with van der Waals surface area (Å²) in [6.45, 7) is 3.43. The van der Waals surface area contributed by atoms with E-state index in [1.807, 2.05) is 55.1 Å². The van der Waals surface area contributed by atoms with Gasteiger partial charge in [-0.1, -0.05) is 19.1 Å². The Morgan fingerprint density at radius 3 is 1.90 bits per heavy atom. The Labute approximate surface area is 182 Å². The van der Waals surface area contributed by atoms with Gasteiger partial charge in [-0.3, -0.25) is 9.69 Å². The molecule has 0 heterocycles. The predicted octanol–water partition coefficient (Wildman–Crippen LogP) is 2.79. The number of carbonyl (C=O) groups is 3. The summed E-state index contributed by atoms with van der Waals surface area (Å²) in [6.07, 6.45) is 0. The molecule has 8 heteroatoms. The van der Waals surface area contributed by atoms with Crippen molar-refractivity contribution in [3.8, 4) is 0 Å². The summed E-state index contributed by atoms with van der Waals surface area (Å²) in [4.78, 5) is 40.5. The van der Waals surface area contributed by atoms with Crippen LogP contribution in [0.3, 0.4) is 0 Å². The zero-order valence-corrected chi connectivity index (χ0v) is 18.6. The van der Waals surface area contributed by atoms with E-state index < -0.39 is 11.9 Å². The lowest BCUT2D eigenvalue weighted by Crippen LogP contribution is -2.32. The first-order valence-corrected chi connectivity index (χ1v) is 9.87. The van der Waals surface area contributed by atoms with Crippen LogP contribution in [0.4, 0.5) is 11.4 Å². The number of esters is 2. The van der Waals surface area contributed by atoms with Crippen molar-refractivity contribution in [2.24, 2.45) is 0 Å². The predicted molar refractivity (Wildman–Crippen MR) is 119 cm³/mol. The lowest BCUT2D eigenvalue weighted by Gasteiger charge is -2.21. The topological polar surface area (TPSA) is 88.2 Å². The van der Waals surface area contributed by atoms with E-state index in [9.17, 15) is 14.4 Å². The third-order valence-electron chi connectivity index (χ3n) is 4.73. The lowest BCUT2D eigenvalue weighted by atomic mass is 10.1. The second kappa shape index (κ2) is 11.1. The molecule has 1 N–H and O–H groups in total. The number of carbonyl (C=O) groups excluding carboxylic acids is 3. The fraction of sp³-hybridized carbons (Fsp3) is 0.348. The molecular weight excluding hydrogens is 398 g/mol. The molecule has 0 aliphatic heterocycles. The summed E-state index contributed by atoms with van der Waals surface area (Å²) >= 11 is 0. The molecule has 0 aliphatic carbocycles. The molecule has 0 atom stereocenters. The highest BCUT2D eigenvalue weighted by Crippen LogP contribution is 2.18. The van der Waals surface area contributed by atoms with Crippen LogP contribution in [-0.2, 0) is 20.8 Å². The molecule has 2 aromatic rings. The normalized spacial score (nSPS) is 10.5. The van der Waals surface area contributed by atoms with Crippen LogP contribution in [0.25, 0.3) is 0 Å². The van der Waals surface area contributed by atoms with Crippen LogP contribution in [0.1, 0.15) is 33.2 Å². The first-order valence-electron chi connectivity index (χ1n) is 9.87. The number of nitrogens with one attached hydrogen (secondary N) is 1. The number of methoxy groups -OCH3 is 2. The van der Waals surface area contributed by atoms with Crippen molar-refractivity contribution in [1.82, 2.24) is 4.90 Å². The van der Waals surface area contributed by atoms with Crippen molar-refractivity contribution in [2.45, 2.75) is 13.5 Å². The number of benzene rings is 2. The van der Waals surface area contributed by atoms with Gasteiger partial charge in [0.25, 0.3) is 0 Å². The van der Waals surface area contributed by atoms with Crippen molar-refractivity contribution in [2.75, 3.05) is 51.6 Å². The molecule has 2 aromatic carbocycles. The molecule has 0 saturated heterocycles. The van der Waals surface area contributed by atoms with E-state index >= 15 is 0 Å². The van der Waals surface area contributed by atoms with Gasteiger partial charge in [-0.15, -0.1) is 0 Å². The highest BCUT2D eigenvalue weighted by atomic mass is 16.5. The summed E-state index contributed by atoms with van der Waals surface area (Å²) in [5, 5.41) is 2.75. The number of hydrogen-bond donors (Lipinski definition) is 1. The number of rotatable bonds is 9. The molecule has 0 saturated carbocycles. The molecule has 0 radical (unpaired) electrons. The summed E-state index contributed by atoms with van der Waals surface area (Å²) < 4.78 is 9.44. The minimum Gasteiger partial charge on any atom is -0.465 e. The molecular formula is C23H29N3O5. The molecule has 0 aromatic heterocycles. The van der Waals surface area contributed by atoms with Crippen LogP contribution in [0, 0.1) is 0 Å². The van der Waals surface area contributed by atoms with E-state index in [1.165, 1.54) is 32.4 Å². The smallest absolute Gasteiger partial charge is 0.337 e. The first-order chi connectivity index (χ1) is 14.8. The first kappa shape index (κ1) is 23.9. The second-order valence-electron chi connectivity index (χ2n) is 7.19. The maximum atomic E-state index is 12.6. The summed E-state index contributed by atoms with van der Waals surface area (Å²) in [5.41, 5.74) is 2.82. The third kappa shape index (κ3) is 6.82. The van der Waals surface area contributed by atoms with Gasteiger partial charge in [-0.2, -0.15) is 0 Å². The average molecular weight is 428 g/mol. The molecule has 0 aliphatic rings. The highest BCUT2D eigenvalue weighted by Gasteiger charge is 2.16. The number of ether oxygens (including phenoxy) is 2. The Bertz CT molecular complexity index is 891. The highest BCUT2D eigenvalue weighted by molar-refractivity contribution is 5.99. The van der Waals surface area contributed by atoms with Gasteiger partial charge < -0.3 is 19.7 Å². The van der Waals surface area contributed by atoms with E-state index in [0.29, 0.717) is 18.8 Å². The van der Waals surface area contributed by atoms with Crippen LogP contribution >= 0.6 is 0 Å². The van der Waals surface area contributed by atoms with E-state index in [4.69, 9.17) is 9.47 Å². The molecule has 31 heavy (non-hydrogen) atoms. The Kier molecular flexibility index (Phi) is 8.57. The number of amides is 1. The molecule has 8 nitrogen and oxygen atoms in total. The monoisotopic (exact) mass is 427 g/mol. The van der Waals surface area contributed by atoms with Gasteiger partial charge in [0.1, 0.15) is 0 Å². The quantitative estimate of drug-likeness (QED) is 0.616. The Morgan fingerprint density at radius 2 is 1.45 bits per heavy atom. The van der Waals surface area contributed by atoms with Gasteiger partial charge in [0.05, 0.1) is 31.9 Å². The van der Waals surface area contributed by atoms with E-state index in [0.717, 1.165) is 11.3 Å². The van der Waals surface area contributed by atoms with Gasteiger partial charge in [0, 0.05) is 32.0 Å². The standard InChI is InChI=1S/C23H29N3O5/c1-6-26(14-16-7-9-20(10-8-16)25(2)3)15-21(27)24-19-12-17(22(28)30-4)11-18(13-19)23(29)31-5/h7-13H,6,14-15H2,1-5H3,(H,24,27). The second-order valence-corrected chi connectivity index (χ2v) is 7.19. The third-order valence-corrected chi connectivity index (χ3v) is 4.73. The molecule has 0 fully saturated rings. The van der Waals surface area contributed by atoms with E-state index in [1.54, 1.807) is 0 Å². The average Bonchev–Trinajstić information content (AvgIpc) is 2.77. The van der Waals surface area contributed by atoms with Crippen LogP contribution in [0.15, 0.2) is 42.5 Å². The van der Waals surface area contributed by atoms with E-state index in [-0.39, 0.29) is 23.6 Å². The molecule has 0 bridgehead atoms. The lowest BCUT2D eigenvalue weighted by molar-refractivity contribution is -0.117. The maximum absolute atomic E-state index is 12.6. The van der Waals surface area contributed by atoms with Crippen molar-refractivity contribution < 1.29 is 23.9 Å². The molecule has 166 valence electrons. The summed E-state index contributed by atoms with van der Waals surface area (Å²) in [7, 11) is 6.46. The van der Waals surface area contributed by atoms with Gasteiger partial charge in [0.2, 0.25) is 5.91 Å². The molecule has 1 amide bonds. The van der Waals surface area contributed by atoms with Gasteiger partial charge in [0.15, 0.2) is 0 Å². The fourth-order valence-corrected chi connectivity index (χ4v) is 3.01. The maximum Gasteiger partial charge on any atom is 0.337 e. The minimum atomic E-state index is -0.613. The SMILES string of the molecule is CCN(CC(=O)Nc1cc(C(=O)OC)cc(C(=O)OC)c1)Cc1ccc(N(C)C)cc1.